The molecule has 0 spiro atoms. The van der Waals surface area contributed by atoms with Crippen molar-refractivity contribution >= 4 is 26.8 Å². The van der Waals surface area contributed by atoms with Crippen LogP contribution in [0, 0.1) is 0 Å². The molecule has 4 rings (SSSR count). The number of aromatic amines is 1. The maximum absolute atomic E-state index is 13.0. The lowest BCUT2D eigenvalue weighted by molar-refractivity contribution is -0.0258. The number of hydrogen-bond donors (Lipinski definition) is 2. The van der Waals surface area contributed by atoms with Crippen molar-refractivity contribution in [3.8, 4) is 0 Å². The second kappa shape index (κ2) is 9.58. The van der Waals surface area contributed by atoms with Crippen molar-refractivity contribution in [2.75, 3.05) is 20.7 Å². The predicted octanol–water partition coefficient (Wildman–Crippen LogP) is 3.91. The number of nitrogens with zero attached hydrogens (tertiary/aromatic N) is 1. The number of sulfonamides is 1. The van der Waals surface area contributed by atoms with Gasteiger partial charge in [0.25, 0.3) is 15.9 Å². The van der Waals surface area contributed by atoms with Crippen LogP contribution in [0.15, 0.2) is 90.0 Å². The van der Waals surface area contributed by atoms with Crippen molar-refractivity contribution in [2.45, 2.75) is 10.8 Å². The van der Waals surface area contributed by atoms with E-state index in [1.54, 1.807) is 12.1 Å². The van der Waals surface area contributed by atoms with Crippen LogP contribution < -0.4 is 5.32 Å². The molecular formula is C25H25N3O4S. The second-order valence-corrected chi connectivity index (χ2v) is 9.52. The Labute approximate surface area is 193 Å². The number of H-pyrrole nitrogens is 1. The molecule has 8 heteroatoms. The summed E-state index contributed by atoms with van der Waals surface area (Å²) in [6.45, 7) is 0.347. The van der Waals surface area contributed by atoms with E-state index in [-0.39, 0.29) is 22.3 Å². The number of aromatic nitrogens is 1. The summed E-state index contributed by atoms with van der Waals surface area (Å²) in [7, 11) is -1.29. The number of hydroxylamine groups is 1. The highest BCUT2D eigenvalue weighted by molar-refractivity contribution is 7.89. The van der Waals surface area contributed by atoms with Gasteiger partial charge in [0.15, 0.2) is 0 Å². The fraction of sp³-hybridized carbons (Fsp3) is 0.160. The Morgan fingerprint density at radius 1 is 1.03 bits per heavy atom. The van der Waals surface area contributed by atoms with Crippen molar-refractivity contribution < 1.29 is 18.0 Å². The number of rotatable bonds is 8. The summed E-state index contributed by atoms with van der Waals surface area (Å²) in [6.07, 6.45) is 1.97. The molecule has 7 nitrogen and oxygen atoms in total. The van der Waals surface area contributed by atoms with Crippen molar-refractivity contribution in [3.05, 3.63) is 102 Å². The second-order valence-electron chi connectivity index (χ2n) is 7.59. The first kappa shape index (κ1) is 22.7. The molecule has 0 saturated heterocycles. The molecule has 0 bridgehead atoms. The molecule has 1 amide bonds. The van der Waals surface area contributed by atoms with Crippen molar-refractivity contribution in [1.82, 2.24) is 14.8 Å². The molecule has 1 aromatic heterocycles. The van der Waals surface area contributed by atoms with E-state index in [1.807, 2.05) is 54.7 Å². The zero-order chi connectivity index (χ0) is 23.4. The summed E-state index contributed by atoms with van der Waals surface area (Å²) in [5, 5.41) is 4.07. The number of carbonyl (C=O) groups excluding carboxylic acids is 1. The lowest BCUT2D eigenvalue weighted by atomic mass is 9.91. The third-order valence-electron chi connectivity index (χ3n) is 5.66. The monoisotopic (exact) mass is 463 g/mol. The zero-order valence-electron chi connectivity index (χ0n) is 18.4. The highest BCUT2D eigenvalue weighted by Gasteiger charge is 2.23. The van der Waals surface area contributed by atoms with Gasteiger partial charge in [-0.3, -0.25) is 9.63 Å². The van der Waals surface area contributed by atoms with E-state index in [9.17, 15) is 13.2 Å². The Morgan fingerprint density at radius 3 is 2.52 bits per heavy atom. The molecule has 0 saturated carbocycles. The van der Waals surface area contributed by atoms with Crippen LogP contribution >= 0.6 is 0 Å². The summed E-state index contributed by atoms with van der Waals surface area (Å²) >= 11 is 0. The molecule has 1 unspecified atom stereocenters. The van der Waals surface area contributed by atoms with Gasteiger partial charge in [0.1, 0.15) is 0 Å². The lowest BCUT2D eigenvalue weighted by Crippen LogP contribution is -2.29. The average molecular weight is 464 g/mol. The molecule has 0 fully saturated rings. The molecule has 3 aromatic carbocycles. The molecule has 33 heavy (non-hydrogen) atoms. The summed E-state index contributed by atoms with van der Waals surface area (Å²) in [6, 6.07) is 23.9. The maximum Gasteiger partial charge on any atom is 0.264 e. The number of hydrogen-bond acceptors (Lipinski definition) is 4. The van der Waals surface area contributed by atoms with E-state index in [0.29, 0.717) is 6.54 Å². The molecule has 4 aromatic rings. The van der Waals surface area contributed by atoms with Crippen LogP contribution in [0.5, 0.6) is 0 Å². The smallest absolute Gasteiger partial charge is 0.264 e. The molecule has 0 aliphatic heterocycles. The van der Waals surface area contributed by atoms with Crippen molar-refractivity contribution in [3.63, 3.8) is 0 Å². The molecule has 0 aliphatic rings. The van der Waals surface area contributed by atoms with Gasteiger partial charge in [0, 0.05) is 42.2 Å². The lowest BCUT2D eigenvalue weighted by Gasteiger charge is -2.19. The SMILES string of the molecule is CON(C)S(=O)(=O)c1cccc(C(=O)NCC(c2ccccc2)c2c[nH]c3ccccc23)c1. The van der Waals surface area contributed by atoms with Crippen LogP contribution in [0.2, 0.25) is 0 Å². The molecule has 1 atom stereocenters. The van der Waals surface area contributed by atoms with Gasteiger partial charge in [-0.05, 0) is 35.4 Å². The topological polar surface area (TPSA) is 91.5 Å². The van der Waals surface area contributed by atoms with Crippen LogP contribution in [0.25, 0.3) is 10.9 Å². The Morgan fingerprint density at radius 2 is 1.76 bits per heavy atom. The van der Waals surface area contributed by atoms with Gasteiger partial charge in [-0.15, -0.1) is 0 Å². The molecule has 2 N–H and O–H groups in total. The quantitative estimate of drug-likeness (QED) is 0.388. The van der Waals surface area contributed by atoms with Crippen LogP contribution in [0.1, 0.15) is 27.4 Å². The van der Waals surface area contributed by atoms with Gasteiger partial charge in [-0.25, -0.2) is 8.42 Å². The first-order valence-electron chi connectivity index (χ1n) is 10.4. The van der Waals surface area contributed by atoms with E-state index in [0.717, 1.165) is 26.5 Å². The van der Waals surface area contributed by atoms with Crippen molar-refractivity contribution in [1.29, 1.82) is 0 Å². The number of para-hydroxylation sites is 1. The van der Waals surface area contributed by atoms with E-state index >= 15 is 0 Å². The van der Waals surface area contributed by atoms with E-state index < -0.39 is 10.0 Å². The highest BCUT2D eigenvalue weighted by Crippen LogP contribution is 2.30. The summed E-state index contributed by atoms with van der Waals surface area (Å²) in [5.74, 6) is -0.439. The van der Waals surface area contributed by atoms with Crippen LogP contribution in [-0.4, -0.2) is 44.5 Å². The third-order valence-corrected chi connectivity index (χ3v) is 7.33. The zero-order valence-corrected chi connectivity index (χ0v) is 19.2. The molecule has 0 radical (unpaired) electrons. The number of carbonyl (C=O) groups is 1. The van der Waals surface area contributed by atoms with E-state index in [1.165, 1.54) is 26.3 Å². The molecule has 1 heterocycles. The van der Waals surface area contributed by atoms with Gasteiger partial charge in [-0.2, -0.15) is 0 Å². The van der Waals surface area contributed by atoms with E-state index in [4.69, 9.17) is 4.84 Å². The minimum absolute atomic E-state index is 0.0178. The molecule has 170 valence electrons. The van der Waals surface area contributed by atoms with Crippen LogP contribution in [0.3, 0.4) is 0 Å². The van der Waals surface area contributed by atoms with Gasteiger partial charge < -0.3 is 10.3 Å². The fourth-order valence-electron chi connectivity index (χ4n) is 3.82. The van der Waals surface area contributed by atoms with Gasteiger partial charge in [0.05, 0.1) is 12.0 Å². The Kier molecular flexibility index (Phi) is 6.60. The number of fused-ring (bicyclic) bond motifs is 1. The number of amides is 1. The average Bonchev–Trinajstić information content (AvgIpc) is 3.28. The van der Waals surface area contributed by atoms with E-state index in [2.05, 4.69) is 16.4 Å². The highest BCUT2D eigenvalue weighted by atomic mass is 32.2. The fourth-order valence-corrected chi connectivity index (χ4v) is 4.84. The Balaban J connectivity index is 1.60. The minimum Gasteiger partial charge on any atom is -0.361 e. The molecule has 0 aliphatic carbocycles. The van der Waals surface area contributed by atoms with Gasteiger partial charge >= 0.3 is 0 Å². The first-order chi connectivity index (χ1) is 15.9. The summed E-state index contributed by atoms with van der Waals surface area (Å²) < 4.78 is 25.8. The molecular weight excluding hydrogens is 438 g/mol. The van der Waals surface area contributed by atoms with Crippen molar-refractivity contribution in [2.24, 2.45) is 0 Å². The first-order valence-corrected chi connectivity index (χ1v) is 11.9. The predicted molar refractivity (Wildman–Crippen MR) is 127 cm³/mol. The normalized spacial score (nSPS) is 12.7. The minimum atomic E-state index is -3.85. The largest absolute Gasteiger partial charge is 0.361 e. The summed E-state index contributed by atoms with van der Waals surface area (Å²) in [5.41, 5.74) is 3.43. The number of nitrogens with one attached hydrogen (secondary N) is 2. The Bertz CT molecular complexity index is 1370. The van der Waals surface area contributed by atoms with Gasteiger partial charge in [0.2, 0.25) is 0 Å². The third kappa shape index (κ3) is 4.68. The maximum atomic E-state index is 13.0. The summed E-state index contributed by atoms with van der Waals surface area (Å²) in [4.78, 5) is 21.1. The number of benzene rings is 3. The van der Waals surface area contributed by atoms with Crippen LogP contribution in [0.4, 0.5) is 0 Å². The van der Waals surface area contributed by atoms with Crippen LogP contribution in [-0.2, 0) is 14.9 Å². The Hall–Kier alpha value is -3.46. The standard InChI is InChI=1S/C25H25N3O4S/c1-28(32-2)33(30,31)20-12-8-11-19(15-20)25(29)27-16-22(18-9-4-3-5-10-18)23-17-26-24-14-7-6-13-21(23)24/h3-15,17,22,26H,16H2,1-2H3,(H,27,29). The van der Waals surface area contributed by atoms with Gasteiger partial charge in [-0.1, -0.05) is 59.1 Å².